The van der Waals surface area contributed by atoms with Gasteiger partial charge in [0.25, 0.3) is 0 Å². The molecule has 27 heavy (non-hydrogen) atoms. The molecule has 1 aromatic heterocycles. The first-order chi connectivity index (χ1) is 12.4. The number of hydrogen-bond donors (Lipinski definition) is 3. The monoisotopic (exact) mass is 403 g/mol. The average Bonchev–Trinajstić information content (AvgIpc) is 2.57. The van der Waals surface area contributed by atoms with E-state index in [-0.39, 0.29) is 17.9 Å². The average molecular weight is 403 g/mol. The molecule has 0 unspecified atom stereocenters. The molecule has 1 heterocycles. The van der Waals surface area contributed by atoms with Gasteiger partial charge in [-0.1, -0.05) is 0 Å². The van der Waals surface area contributed by atoms with Gasteiger partial charge in [-0.15, -0.1) is 0 Å². The van der Waals surface area contributed by atoms with Crippen LogP contribution in [0.4, 0.5) is 32.3 Å². The second-order valence-electron chi connectivity index (χ2n) is 5.31. The topological polar surface area (TPSA) is 107 Å². The Balaban J connectivity index is 2.70. The summed E-state index contributed by atoms with van der Waals surface area (Å²) in [6.45, 7) is -0.613. The van der Waals surface area contributed by atoms with Crippen molar-refractivity contribution in [2.24, 2.45) is 5.92 Å². The fraction of sp³-hybridized carbons (Fsp3) is 0.538. The fourth-order valence-electron chi connectivity index (χ4n) is 1.92. The molecule has 8 nitrogen and oxygen atoms in total. The van der Waals surface area contributed by atoms with Crippen LogP contribution in [0.1, 0.15) is 25.0 Å². The predicted octanol–water partition coefficient (Wildman–Crippen LogP) is 2.13. The molecule has 2 amide bonds. The van der Waals surface area contributed by atoms with Gasteiger partial charge in [0.1, 0.15) is 5.69 Å². The molecule has 0 aliphatic heterocycles. The van der Waals surface area contributed by atoms with Crippen molar-refractivity contribution in [3.63, 3.8) is 0 Å². The molecule has 3 N–H and O–H groups in total. The number of anilines is 1. The third kappa shape index (κ3) is 8.52. The molecule has 1 atom stereocenters. The maximum absolute atomic E-state index is 12.5. The van der Waals surface area contributed by atoms with Crippen molar-refractivity contribution in [1.29, 1.82) is 0 Å². The molecule has 0 saturated heterocycles. The highest BCUT2D eigenvalue weighted by Gasteiger charge is 2.33. The van der Waals surface area contributed by atoms with Crippen LogP contribution >= 0.6 is 0 Å². The molecule has 1 aromatic rings. The molecule has 1 rings (SSSR count). The summed E-state index contributed by atoms with van der Waals surface area (Å²) in [6.07, 6.45) is -10.5. The van der Waals surface area contributed by atoms with E-state index in [4.69, 9.17) is 5.21 Å². The Morgan fingerprint density at radius 3 is 2.52 bits per heavy atom. The number of hydrazine groups is 1. The van der Waals surface area contributed by atoms with Crippen LogP contribution in [0.15, 0.2) is 12.3 Å². The van der Waals surface area contributed by atoms with E-state index in [0.29, 0.717) is 6.07 Å². The SMILES string of the molecule is O=CN(O)C[C@H](CCCC(F)(F)F)C(=O)NNc1nccc(C(F)(F)F)n1. The second-order valence-corrected chi connectivity index (χ2v) is 5.31. The van der Waals surface area contributed by atoms with Crippen molar-refractivity contribution < 1.29 is 41.1 Å². The number of nitrogens with zero attached hydrogens (tertiary/aromatic N) is 3. The molecule has 0 aliphatic rings. The Morgan fingerprint density at radius 1 is 1.30 bits per heavy atom. The van der Waals surface area contributed by atoms with Gasteiger partial charge in [0, 0.05) is 12.6 Å². The molecular weight excluding hydrogens is 388 g/mol. The van der Waals surface area contributed by atoms with E-state index in [1.807, 2.05) is 10.9 Å². The Labute approximate surface area is 148 Å². The quantitative estimate of drug-likeness (QED) is 0.252. The highest BCUT2D eigenvalue weighted by atomic mass is 19.4. The summed E-state index contributed by atoms with van der Waals surface area (Å²) >= 11 is 0. The highest BCUT2D eigenvalue weighted by Crippen LogP contribution is 2.27. The summed E-state index contributed by atoms with van der Waals surface area (Å²) in [4.78, 5) is 29.0. The van der Waals surface area contributed by atoms with Crippen LogP contribution in [0.2, 0.25) is 0 Å². The van der Waals surface area contributed by atoms with Crippen LogP contribution in [0.5, 0.6) is 0 Å². The first kappa shape index (κ1) is 22.4. The number of alkyl halides is 6. The molecule has 0 fully saturated rings. The van der Waals surface area contributed by atoms with Gasteiger partial charge in [-0.3, -0.25) is 25.6 Å². The standard InChI is InChI=1S/C13H15F6N5O3/c14-12(15,16)4-1-2-8(6-24(27)7-25)10(26)22-23-11-20-5-3-9(21-11)13(17,18)19/h3,5,7-8,27H,1-2,4,6H2,(H,22,26)(H,20,21,23)/t8-/m0/s1. The first-order valence-electron chi connectivity index (χ1n) is 7.36. The van der Waals surface area contributed by atoms with E-state index < -0.39 is 55.2 Å². The van der Waals surface area contributed by atoms with Gasteiger partial charge in [-0.05, 0) is 18.9 Å². The summed E-state index contributed by atoms with van der Waals surface area (Å²) in [5.41, 5.74) is 2.66. The van der Waals surface area contributed by atoms with E-state index in [9.17, 15) is 35.9 Å². The predicted molar refractivity (Wildman–Crippen MR) is 76.8 cm³/mol. The Hall–Kier alpha value is -2.64. The van der Waals surface area contributed by atoms with Crippen molar-refractivity contribution in [3.05, 3.63) is 18.0 Å². The number of amides is 2. The van der Waals surface area contributed by atoms with Crippen LogP contribution in [0.25, 0.3) is 0 Å². The van der Waals surface area contributed by atoms with Crippen molar-refractivity contribution in [2.45, 2.75) is 31.6 Å². The molecule has 0 spiro atoms. The minimum Gasteiger partial charge on any atom is -0.286 e. The molecule has 0 saturated carbocycles. The summed E-state index contributed by atoms with van der Waals surface area (Å²) in [7, 11) is 0. The number of rotatable bonds is 9. The second kappa shape index (κ2) is 9.34. The lowest BCUT2D eigenvalue weighted by Gasteiger charge is -2.20. The molecule has 14 heteroatoms. The Morgan fingerprint density at radius 2 is 1.96 bits per heavy atom. The van der Waals surface area contributed by atoms with Gasteiger partial charge in [-0.2, -0.15) is 26.3 Å². The minimum absolute atomic E-state index is 0.0482. The largest absolute Gasteiger partial charge is 0.433 e. The van der Waals surface area contributed by atoms with E-state index >= 15 is 0 Å². The van der Waals surface area contributed by atoms with E-state index in [0.717, 1.165) is 6.20 Å². The molecule has 0 bridgehead atoms. The van der Waals surface area contributed by atoms with Crippen LogP contribution < -0.4 is 10.9 Å². The van der Waals surface area contributed by atoms with Crippen LogP contribution in [0.3, 0.4) is 0 Å². The van der Waals surface area contributed by atoms with Gasteiger partial charge in [-0.25, -0.2) is 15.0 Å². The van der Waals surface area contributed by atoms with Crippen molar-refractivity contribution in [3.8, 4) is 0 Å². The van der Waals surface area contributed by atoms with Crippen molar-refractivity contribution in [2.75, 3.05) is 12.0 Å². The van der Waals surface area contributed by atoms with Gasteiger partial charge < -0.3 is 0 Å². The first-order valence-corrected chi connectivity index (χ1v) is 7.36. The van der Waals surface area contributed by atoms with Gasteiger partial charge >= 0.3 is 12.4 Å². The number of carbonyl (C=O) groups is 2. The smallest absolute Gasteiger partial charge is 0.286 e. The van der Waals surface area contributed by atoms with E-state index in [1.54, 1.807) is 0 Å². The lowest BCUT2D eigenvalue weighted by Crippen LogP contribution is -2.40. The van der Waals surface area contributed by atoms with Gasteiger partial charge in [0.15, 0.2) is 0 Å². The Bertz CT molecular complexity index is 640. The third-order valence-corrected chi connectivity index (χ3v) is 3.16. The molecule has 0 aromatic carbocycles. The normalized spacial score (nSPS) is 13.0. The molecular formula is C13H15F6N5O3. The number of nitrogens with one attached hydrogen (secondary N) is 2. The maximum Gasteiger partial charge on any atom is 0.433 e. The van der Waals surface area contributed by atoms with Crippen molar-refractivity contribution >= 4 is 18.3 Å². The number of aromatic nitrogens is 2. The fourth-order valence-corrected chi connectivity index (χ4v) is 1.92. The van der Waals surface area contributed by atoms with Gasteiger partial charge in [0.05, 0.1) is 12.5 Å². The van der Waals surface area contributed by atoms with Gasteiger partial charge in [0.2, 0.25) is 18.3 Å². The minimum atomic E-state index is -4.75. The lowest BCUT2D eigenvalue weighted by atomic mass is 10.0. The summed E-state index contributed by atoms with van der Waals surface area (Å²) in [6, 6.07) is 0.598. The number of carbonyl (C=O) groups excluding carboxylic acids is 2. The van der Waals surface area contributed by atoms with Crippen LogP contribution in [-0.2, 0) is 15.8 Å². The van der Waals surface area contributed by atoms with E-state index in [1.165, 1.54) is 0 Å². The van der Waals surface area contributed by atoms with Crippen LogP contribution in [-0.4, -0.2) is 45.3 Å². The zero-order chi connectivity index (χ0) is 20.7. The number of hydroxylamine groups is 2. The van der Waals surface area contributed by atoms with Crippen LogP contribution in [0, 0.1) is 5.92 Å². The maximum atomic E-state index is 12.5. The molecule has 0 radical (unpaired) electrons. The summed E-state index contributed by atoms with van der Waals surface area (Å²) in [5.74, 6) is -2.84. The third-order valence-electron chi connectivity index (χ3n) is 3.16. The highest BCUT2D eigenvalue weighted by molar-refractivity contribution is 5.80. The lowest BCUT2D eigenvalue weighted by molar-refractivity contribution is -0.155. The van der Waals surface area contributed by atoms with Crippen molar-refractivity contribution in [1.82, 2.24) is 20.5 Å². The number of hydrogen-bond acceptors (Lipinski definition) is 6. The summed E-state index contributed by atoms with van der Waals surface area (Å²) in [5, 5.41) is 9.21. The molecule has 152 valence electrons. The summed E-state index contributed by atoms with van der Waals surface area (Å²) < 4.78 is 74.3. The molecule has 0 aliphatic carbocycles. The van der Waals surface area contributed by atoms with E-state index in [2.05, 4.69) is 9.97 Å². The Kier molecular flexibility index (Phi) is 7.75. The zero-order valence-corrected chi connectivity index (χ0v) is 13.5. The number of halogens is 6. The zero-order valence-electron chi connectivity index (χ0n) is 13.5.